The largest absolute Gasteiger partial charge is 0.469 e. The van der Waals surface area contributed by atoms with Gasteiger partial charge >= 0.3 is 5.97 Å². The summed E-state index contributed by atoms with van der Waals surface area (Å²) < 4.78 is 2.96. The van der Waals surface area contributed by atoms with Gasteiger partial charge < -0.3 is 9.64 Å². The number of aliphatic imine (C=N–C) groups is 1. The number of hydrogen-bond donors (Lipinski definition) is 0. The van der Waals surface area contributed by atoms with E-state index in [1.807, 2.05) is 18.2 Å². The van der Waals surface area contributed by atoms with Gasteiger partial charge in [0, 0.05) is 12.5 Å². The van der Waals surface area contributed by atoms with Crippen molar-refractivity contribution in [2.45, 2.75) is 28.6 Å². The number of para-hydroxylation sites is 1. The van der Waals surface area contributed by atoms with Crippen molar-refractivity contribution in [3.8, 4) is 0 Å². The maximum atomic E-state index is 13.4. The summed E-state index contributed by atoms with van der Waals surface area (Å²) in [5, 5.41) is 0. The molecule has 3 heterocycles. The van der Waals surface area contributed by atoms with Gasteiger partial charge in [-0.2, -0.15) is 0 Å². The fourth-order valence-electron chi connectivity index (χ4n) is 5.41. The molecule has 2 bridgehead atoms. The Labute approximate surface area is 165 Å². The first-order valence-electron chi connectivity index (χ1n) is 8.82. The fraction of sp³-hybridized carbons (Fsp3) is 0.474. The average Bonchev–Trinajstić information content (AvgIpc) is 3.10. The molecule has 1 aliphatic carbocycles. The molecule has 4 aliphatic rings. The number of benzene rings is 1. The van der Waals surface area contributed by atoms with E-state index < -0.39 is 27.5 Å². The number of ether oxygens (including phenoxy) is 1. The van der Waals surface area contributed by atoms with E-state index in [1.165, 1.54) is 7.11 Å². The second-order valence-corrected chi connectivity index (χ2v) is 8.91. The number of carbonyl (C=O) groups is 3. The number of esters is 1. The van der Waals surface area contributed by atoms with E-state index in [4.69, 9.17) is 27.9 Å². The zero-order chi connectivity index (χ0) is 19.1. The van der Waals surface area contributed by atoms with Gasteiger partial charge in [0.15, 0.2) is 5.78 Å². The summed E-state index contributed by atoms with van der Waals surface area (Å²) in [6.45, 7) is 0.257. The lowest BCUT2D eigenvalue weighted by atomic mass is 9.58. The quantitative estimate of drug-likeness (QED) is 0.556. The van der Waals surface area contributed by atoms with Crippen LogP contribution < -0.4 is 0 Å². The van der Waals surface area contributed by atoms with Gasteiger partial charge in [0.2, 0.25) is 4.33 Å². The average molecular weight is 407 g/mol. The summed E-state index contributed by atoms with van der Waals surface area (Å²) in [4.78, 5) is 44.7. The molecule has 2 saturated heterocycles. The predicted molar refractivity (Wildman–Crippen MR) is 98.4 cm³/mol. The molecule has 1 aromatic carbocycles. The van der Waals surface area contributed by atoms with Crippen LogP contribution in [0.4, 0.5) is 5.69 Å². The van der Waals surface area contributed by atoms with Crippen molar-refractivity contribution in [1.29, 1.82) is 0 Å². The van der Waals surface area contributed by atoms with E-state index in [9.17, 15) is 14.4 Å². The van der Waals surface area contributed by atoms with Gasteiger partial charge in [0.05, 0.1) is 25.3 Å². The van der Waals surface area contributed by atoms with Crippen LogP contribution in [0.25, 0.3) is 0 Å². The van der Waals surface area contributed by atoms with Crippen molar-refractivity contribution in [1.82, 2.24) is 4.90 Å². The Kier molecular flexibility index (Phi) is 3.39. The van der Waals surface area contributed by atoms with Gasteiger partial charge in [-0.3, -0.25) is 14.4 Å². The van der Waals surface area contributed by atoms with Gasteiger partial charge in [0.25, 0.3) is 5.91 Å². The molecule has 140 valence electrons. The molecule has 6 nitrogen and oxygen atoms in total. The highest BCUT2D eigenvalue weighted by Crippen LogP contribution is 2.64. The molecule has 8 heteroatoms. The lowest BCUT2D eigenvalue weighted by molar-refractivity contribution is -0.145. The lowest BCUT2D eigenvalue weighted by Gasteiger charge is -2.49. The van der Waals surface area contributed by atoms with Crippen LogP contribution in [-0.4, -0.2) is 52.3 Å². The van der Waals surface area contributed by atoms with E-state index in [2.05, 4.69) is 4.99 Å². The van der Waals surface area contributed by atoms with Gasteiger partial charge in [-0.25, -0.2) is 4.99 Å². The zero-order valence-electron chi connectivity index (χ0n) is 14.4. The number of hydrogen-bond acceptors (Lipinski definition) is 5. The minimum atomic E-state index is -1.82. The Morgan fingerprint density at radius 3 is 2.81 bits per heavy atom. The number of Topliss-reactive ketones (excluding diaryl/α,β-unsaturated/α-hetero) is 1. The van der Waals surface area contributed by atoms with E-state index in [1.54, 1.807) is 11.0 Å². The number of rotatable bonds is 2. The molecule has 4 atom stereocenters. The Bertz CT molecular complexity index is 943. The maximum absolute atomic E-state index is 13.4. The SMILES string of the molecule is COC(=O)C[C@@H]1CN2C(=O)C(Cl)(Cl)C34C(=Nc5ccccc53)C(=O)[C@H]1C[C@H]24. The van der Waals surface area contributed by atoms with Crippen LogP contribution in [0.1, 0.15) is 18.4 Å². The highest BCUT2D eigenvalue weighted by atomic mass is 35.5. The number of carbonyl (C=O) groups excluding carboxylic acids is 3. The van der Waals surface area contributed by atoms with Crippen molar-refractivity contribution >= 4 is 52.3 Å². The predicted octanol–water partition coefficient (Wildman–Crippen LogP) is 2.18. The fourth-order valence-corrected chi connectivity index (χ4v) is 6.26. The third-order valence-electron chi connectivity index (χ3n) is 6.54. The highest BCUT2D eigenvalue weighted by molar-refractivity contribution is 6.64. The first-order chi connectivity index (χ1) is 12.8. The van der Waals surface area contributed by atoms with Crippen molar-refractivity contribution in [3.63, 3.8) is 0 Å². The molecular formula is C19H16Cl2N2O4. The van der Waals surface area contributed by atoms with Crippen LogP contribution in [-0.2, 0) is 24.5 Å². The standard InChI is InChI=1S/C19H16Cl2N2O4/c1-27-14(24)6-9-8-23-13-7-10(9)15(25)16-18(13,19(20,21)17(23)26)11-4-2-3-5-12(11)22-16/h2-5,9-10,13H,6-8H2,1H3/t9-,10+,13+,18?/m1/s1. The molecule has 1 spiro atoms. The summed E-state index contributed by atoms with van der Waals surface area (Å²) in [5.74, 6) is -1.74. The normalized spacial score (nSPS) is 34.9. The number of methoxy groups -OCH3 is 1. The molecule has 27 heavy (non-hydrogen) atoms. The summed E-state index contributed by atoms with van der Waals surface area (Å²) >= 11 is 13.4. The summed E-state index contributed by atoms with van der Waals surface area (Å²) in [6.07, 6.45) is 0.481. The summed E-state index contributed by atoms with van der Waals surface area (Å²) in [7, 11) is 1.31. The van der Waals surface area contributed by atoms with Crippen LogP contribution >= 0.6 is 23.2 Å². The second-order valence-electron chi connectivity index (χ2n) is 7.58. The van der Waals surface area contributed by atoms with Gasteiger partial charge in [-0.05, 0) is 24.0 Å². The highest BCUT2D eigenvalue weighted by Gasteiger charge is 2.77. The van der Waals surface area contributed by atoms with Crippen LogP contribution in [0.5, 0.6) is 0 Å². The number of halogens is 2. The first-order valence-corrected chi connectivity index (χ1v) is 9.58. The molecule has 3 fully saturated rings. The van der Waals surface area contributed by atoms with Crippen molar-refractivity contribution < 1.29 is 19.1 Å². The minimum Gasteiger partial charge on any atom is -0.469 e. The monoisotopic (exact) mass is 406 g/mol. The molecule has 0 radical (unpaired) electrons. The summed E-state index contributed by atoms with van der Waals surface area (Å²) in [6, 6.07) is 6.96. The maximum Gasteiger partial charge on any atom is 0.305 e. The molecular weight excluding hydrogens is 391 g/mol. The van der Waals surface area contributed by atoms with Crippen LogP contribution in [0.15, 0.2) is 29.3 Å². The molecule has 1 amide bonds. The minimum absolute atomic E-state index is 0.0637. The number of piperidine rings is 1. The Balaban J connectivity index is 1.72. The number of amides is 1. The third kappa shape index (κ3) is 1.83. The van der Waals surface area contributed by atoms with Gasteiger partial charge in [-0.1, -0.05) is 41.4 Å². The summed E-state index contributed by atoms with van der Waals surface area (Å²) in [5.41, 5.74) is 0.441. The smallest absolute Gasteiger partial charge is 0.305 e. The first kappa shape index (κ1) is 17.2. The number of alkyl halides is 2. The molecule has 0 N–H and O–H groups in total. The lowest BCUT2D eigenvalue weighted by Crippen LogP contribution is -2.64. The second kappa shape index (κ2) is 5.32. The van der Waals surface area contributed by atoms with E-state index >= 15 is 0 Å². The van der Waals surface area contributed by atoms with Gasteiger partial charge in [0.1, 0.15) is 11.1 Å². The topological polar surface area (TPSA) is 76.0 Å². The van der Waals surface area contributed by atoms with E-state index in [-0.39, 0.29) is 36.4 Å². The zero-order valence-corrected chi connectivity index (χ0v) is 16.0. The molecule has 1 unspecified atom stereocenters. The van der Waals surface area contributed by atoms with Gasteiger partial charge in [-0.15, -0.1) is 0 Å². The Hall–Kier alpha value is -1.92. The molecule has 1 saturated carbocycles. The number of fused-ring (bicyclic) bond motifs is 2. The van der Waals surface area contributed by atoms with Crippen LogP contribution in [0, 0.1) is 11.8 Å². The van der Waals surface area contributed by atoms with E-state index in [0.29, 0.717) is 12.1 Å². The van der Waals surface area contributed by atoms with E-state index in [0.717, 1.165) is 5.56 Å². The molecule has 3 aliphatic heterocycles. The van der Waals surface area contributed by atoms with Crippen molar-refractivity contribution in [2.75, 3.05) is 13.7 Å². The van der Waals surface area contributed by atoms with Crippen LogP contribution in [0.2, 0.25) is 0 Å². The Morgan fingerprint density at radius 2 is 2.07 bits per heavy atom. The molecule has 1 aromatic rings. The molecule has 5 rings (SSSR count). The van der Waals surface area contributed by atoms with Crippen molar-refractivity contribution in [2.24, 2.45) is 16.8 Å². The van der Waals surface area contributed by atoms with Crippen LogP contribution in [0.3, 0.4) is 0 Å². The molecule has 0 aromatic heterocycles. The van der Waals surface area contributed by atoms with Crippen molar-refractivity contribution in [3.05, 3.63) is 29.8 Å². The third-order valence-corrected chi connectivity index (χ3v) is 7.46. The Morgan fingerprint density at radius 1 is 1.33 bits per heavy atom. The number of ketones is 1. The number of nitrogens with zero attached hydrogens (tertiary/aromatic N) is 2.